The van der Waals surface area contributed by atoms with E-state index in [9.17, 15) is 8.42 Å². The maximum absolute atomic E-state index is 10.9. The van der Waals surface area contributed by atoms with Crippen molar-refractivity contribution in [1.82, 2.24) is 0 Å². The number of hydrogen-bond acceptors (Lipinski definition) is 6. The van der Waals surface area contributed by atoms with E-state index in [4.69, 9.17) is 21.5 Å². The molecule has 1 heterocycles. The normalized spacial score (nSPS) is 15.8. The summed E-state index contributed by atoms with van der Waals surface area (Å²) in [5, 5.41) is 0.968. The first-order valence-electron chi connectivity index (χ1n) is 7.17. The lowest BCUT2D eigenvalue weighted by Gasteiger charge is -2.20. The Labute approximate surface area is 146 Å². The molecule has 5 nitrogen and oxygen atoms in total. The lowest BCUT2D eigenvalue weighted by atomic mass is 10.2. The molecule has 126 valence electrons. The average Bonchev–Trinajstić information content (AvgIpc) is 2.82. The van der Waals surface area contributed by atoms with Crippen LogP contribution >= 0.6 is 24.0 Å². The SMILES string of the molecule is CCC(=S)/C=C1\Sc2ccc(OC)cc2N1CCCS(=O)(=O)O. The predicted octanol–water partition coefficient (Wildman–Crippen LogP) is 3.51. The molecular formula is C15H19NO4S3. The molecule has 8 heteroatoms. The summed E-state index contributed by atoms with van der Waals surface area (Å²) in [6.07, 6.45) is 3.05. The van der Waals surface area contributed by atoms with Gasteiger partial charge in [0, 0.05) is 22.4 Å². The average molecular weight is 374 g/mol. The van der Waals surface area contributed by atoms with Crippen LogP contribution in [0.2, 0.25) is 0 Å². The van der Waals surface area contributed by atoms with E-state index in [0.29, 0.717) is 13.0 Å². The van der Waals surface area contributed by atoms with Crippen LogP contribution in [0.15, 0.2) is 34.2 Å². The van der Waals surface area contributed by atoms with Crippen molar-refractivity contribution in [2.75, 3.05) is 24.3 Å². The number of anilines is 1. The van der Waals surface area contributed by atoms with Crippen LogP contribution in [0, 0.1) is 0 Å². The molecule has 0 spiro atoms. The standard InChI is InChI=1S/C15H19NO4S3/c1-3-12(21)10-15-16(7-4-8-23(17,18)19)13-9-11(20-2)5-6-14(13)22-15/h5-6,9-10H,3-4,7-8H2,1-2H3,(H,17,18,19)/b15-10-. The van der Waals surface area contributed by atoms with Gasteiger partial charge in [-0.1, -0.05) is 30.9 Å². The van der Waals surface area contributed by atoms with E-state index in [2.05, 4.69) is 0 Å². The Balaban J connectivity index is 2.27. The second kappa shape index (κ2) is 7.65. The van der Waals surface area contributed by atoms with Crippen molar-refractivity contribution in [3.8, 4) is 5.75 Å². The quantitative estimate of drug-likeness (QED) is 0.446. The molecule has 23 heavy (non-hydrogen) atoms. The second-order valence-electron chi connectivity index (χ2n) is 5.03. The molecule has 1 aromatic rings. The third kappa shape index (κ3) is 4.94. The molecule has 2 rings (SSSR count). The summed E-state index contributed by atoms with van der Waals surface area (Å²) < 4.78 is 36.0. The molecule has 1 N–H and O–H groups in total. The fourth-order valence-electron chi connectivity index (χ4n) is 2.19. The molecule has 0 unspecified atom stereocenters. The van der Waals surface area contributed by atoms with Crippen molar-refractivity contribution in [2.24, 2.45) is 0 Å². The molecule has 0 saturated carbocycles. The smallest absolute Gasteiger partial charge is 0.264 e. The zero-order chi connectivity index (χ0) is 17.0. The van der Waals surface area contributed by atoms with Crippen molar-refractivity contribution in [3.63, 3.8) is 0 Å². The van der Waals surface area contributed by atoms with Gasteiger partial charge in [-0.15, -0.1) is 0 Å². The molecule has 1 aromatic carbocycles. The first-order chi connectivity index (χ1) is 10.8. The topological polar surface area (TPSA) is 66.8 Å². The fraction of sp³-hybridized carbons (Fsp3) is 0.400. The van der Waals surface area contributed by atoms with Crippen LogP contribution < -0.4 is 9.64 Å². The van der Waals surface area contributed by atoms with Gasteiger partial charge in [-0.3, -0.25) is 4.55 Å². The maximum atomic E-state index is 10.9. The third-order valence-corrected chi connectivity index (χ3v) is 5.68. The van der Waals surface area contributed by atoms with Crippen LogP contribution in [-0.4, -0.2) is 37.2 Å². The monoisotopic (exact) mass is 373 g/mol. The minimum absolute atomic E-state index is 0.265. The van der Waals surface area contributed by atoms with Gasteiger partial charge in [0.2, 0.25) is 0 Å². The summed E-state index contributed by atoms with van der Waals surface area (Å²) in [5.74, 6) is 0.474. The van der Waals surface area contributed by atoms with Gasteiger partial charge in [0.05, 0.1) is 23.6 Å². The fourth-order valence-corrected chi connectivity index (χ4v) is 4.01. The van der Waals surface area contributed by atoms with Gasteiger partial charge in [0.15, 0.2) is 0 Å². The van der Waals surface area contributed by atoms with Crippen molar-refractivity contribution < 1.29 is 17.7 Å². The predicted molar refractivity (Wildman–Crippen MR) is 98.2 cm³/mol. The molecular weight excluding hydrogens is 354 g/mol. The van der Waals surface area contributed by atoms with E-state index in [1.165, 1.54) is 0 Å². The number of methoxy groups -OCH3 is 1. The van der Waals surface area contributed by atoms with Crippen LogP contribution in [0.4, 0.5) is 5.69 Å². The van der Waals surface area contributed by atoms with Crippen molar-refractivity contribution in [2.45, 2.75) is 24.7 Å². The number of fused-ring (bicyclic) bond motifs is 1. The third-order valence-electron chi connectivity index (χ3n) is 3.35. The van der Waals surface area contributed by atoms with Crippen LogP contribution in [0.3, 0.4) is 0 Å². The van der Waals surface area contributed by atoms with Gasteiger partial charge < -0.3 is 9.64 Å². The Morgan fingerprint density at radius 3 is 2.83 bits per heavy atom. The highest BCUT2D eigenvalue weighted by Crippen LogP contribution is 2.47. The molecule has 0 amide bonds. The Morgan fingerprint density at radius 2 is 2.22 bits per heavy atom. The lowest BCUT2D eigenvalue weighted by Crippen LogP contribution is -2.22. The first-order valence-corrected chi connectivity index (χ1v) is 10.0. The zero-order valence-electron chi connectivity index (χ0n) is 13.0. The highest BCUT2D eigenvalue weighted by Gasteiger charge is 2.26. The van der Waals surface area contributed by atoms with Crippen molar-refractivity contribution in [3.05, 3.63) is 29.3 Å². The van der Waals surface area contributed by atoms with E-state index in [-0.39, 0.29) is 5.75 Å². The highest BCUT2D eigenvalue weighted by molar-refractivity contribution is 8.03. The number of hydrogen-bond donors (Lipinski definition) is 1. The Bertz CT molecular complexity index is 728. The van der Waals surface area contributed by atoms with E-state index in [0.717, 1.165) is 32.6 Å². The first kappa shape index (κ1) is 18.3. The molecule has 0 radical (unpaired) electrons. The molecule has 0 atom stereocenters. The van der Waals surface area contributed by atoms with E-state index < -0.39 is 10.1 Å². The van der Waals surface area contributed by atoms with Crippen LogP contribution in [-0.2, 0) is 10.1 Å². The molecule has 0 saturated heterocycles. The van der Waals surface area contributed by atoms with Crippen LogP contribution in [0.5, 0.6) is 5.75 Å². The molecule has 0 aromatic heterocycles. The maximum Gasteiger partial charge on any atom is 0.264 e. The molecule has 1 aliphatic heterocycles. The minimum Gasteiger partial charge on any atom is -0.497 e. The summed E-state index contributed by atoms with van der Waals surface area (Å²) >= 11 is 6.90. The molecule has 0 aliphatic carbocycles. The number of thioether (sulfide) groups is 1. The molecule has 0 fully saturated rings. The van der Waals surface area contributed by atoms with Gasteiger partial charge in [-0.25, -0.2) is 0 Å². The number of nitrogens with zero attached hydrogens (tertiary/aromatic N) is 1. The lowest BCUT2D eigenvalue weighted by molar-refractivity contribution is 0.414. The van der Waals surface area contributed by atoms with E-state index in [1.54, 1.807) is 18.9 Å². The number of rotatable bonds is 7. The van der Waals surface area contributed by atoms with Crippen molar-refractivity contribution >= 4 is 44.6 Å². The van der Waals surface area contributed by atoms with Crippen molar-refractivity contribution in [1.29, 1.82) is 0 Å². The van der Waals surface area contributed by atoms with E-state index in [1.807, 2.05) is 36.1 Å². The van der Waals surface area contributed by atoms with Gasteiger partial charge in [0.1, 0.15) is 5.75 Å². The number of thiocarbonyl (C=S) groups is 1. The summed E-state index contributed by atoms with van der Waals surface area (Å²) in [6.45, 7) is 2.48. The minimum atomic E-state index is -3.95. The van der Waals surface area contributed by atoms with Gasteiger partial charge >= 0.3 is 0 Å². The van der Waals surface area contributed by atoms with Gasteiger partial charge in [-0.05, 0) is 31.1 Å². The Kier molecular flexibility index (Phi) is 6.07. The van der Waals surface area contributed by atoms with E-state index >= 15 is 0 Å². The highest BCUT2D eigenvalue weighted by atomic mass is 32.2. The Hall–Kier alpha value is -1.09. The van der Waals surface area contributed by atoms with Gasteiger partial charge in [-0.2, -0.15) is 8.42 Å². The van der Waals surface area contributed by atoms with Gasteiger partial charge in [0.25, 0.3) is 10.1 Å². The second-order valence-corrected chi connectivity index (χ2v) is 8.19. The number of ether oxygens (including phenoxy) is 1. The number of allylic oxidation sites excluding steroid dienone is 1. The number of benzene rings is 1. The summed E-state index contributed by atoms with van der Waals surface area (Å²) in [5.41, 5.74) is 0.967. The zero-order valence-corrected chi connectivity index (χ0v) is 15.4. The molecule has 0 bridgehead atoms. The molecule has 1 aliphatic rings. The summed E-state index contributed by atoms with van der Waals surface area (Å²) in [6, 6.07) is 5.79. The summed E-state index contributed by atoms with van der Waals surface area (Å²) in [7, 11) is -2.35. The van der Waals surface area contributed by atoms with Crippen LogP contribution in [0.25, 0.3) is 0 Å². The largest absolute Gasteiger partial charge is 0.497 e. The summed E-state index contributed by atoms with van der Waals surface area (Å²) in [4.78, 5) is 3.94. The van der Waals surface area contributed by atoms with Crippen LogP contribution in [0.1, 0.15) is 19.8 Å². The Morgan fingerprint density at radius 1 is 1.48 bits per heavy atom.